The van der Waals surface area contributed by atoms with Crippen LogP contribution in [0.5, 0.6) is 0 Å². The van der Waals surface area contributed by atoms with E-state index in [1.807, 2.05) is 43.0 Å². The molecule has 8 heteroatoms. The van der Waals surface area contributed by atoms with Gasteiger partial charge in [0.25, 0.3) is 0 Å². The molecule has 0 aliphatic rings. The van der Waals surface area contributed by atoms with Crippen molar-refractivity contribution in [2.45, 2.75) is 6.42 Å². The predicted octanol–water partition coefficient (Wildman–Crippen LogP) is 3.66. The molecule has 0 aliphatic carbocycles. The minimum Gasteiger partial charge on any atom is -0.271 e. The summed E-state index contributed by atoms with van der Waals surface area (Å²) >= 11 is 12.4. The van der Waals surface area contributed by atoms with E-state index in [2.05, 4.69) is 21.6 Å². The fourth-order valence-corrected chi connectivity index (χ4v) is 3.46. The summed E-state index contributed by atoms with van der Waals surface area (Å²) in [6.07, 6.45) is 0.592. The molecule has 0 saturated carbocycles. The summed E-state index contributed by atoms with van der Waals surface area (Å²) in [5, 5.41) is 18.6. The first-order chi connectivity index (χ1) is 12.0. The number of benzene rings is 2. The van der Waals surface area contributed by atoms with Crippen LogP contribution in [-0.4, -0.2) is 30.0 Å². The quantitative estimate of drug-likeness (QED) is 0.550. The molecule has 2 heterocycles. The Morgan fingerprint density at radius 3 is 2.56 bits per heavy atom. The Labute approximate surface area is 154 Å². The second kappa shape index (κ2) is 6.13. The fraction of sp³-hybridized carbons (Fsp3) is 0.176. The number of nitrogens with zero attached hydrogens (tertiary/aromatic N) is 6. The number of rotatable bonds is 3. The van der Waals surface area contributed by atoms with Gasteiger partial charge in [0.1, 0.15) is 5.52 Å². The summed E-state index contributed by atoms with van der Waals surface area (Å²) in [5.74, 6) is 0.778. The lowest BCUT2D eigenvalue weighted by atomic mass is 10.0. The number of tetrazole rings is 1. The highest BCUT2D eigenvalue weighted by atomic mass is 35.5. The SMILES string of the molecule is Cn1nnnc1Cc1c2cccc(-c3ccc(Cl)cc3Cl)c2nn1C. The standard InChI is InChI=1S/C17H14Cl2N6/c1-24-15(9-16-20-22-23-25(16)2)13-5-3-4-12(17(13)21-24)11-7-6-10(18)8-14(11)19/h3-8H,9H2,1-2H3. The van der Waals surface area contributed by atoms with E-state index in [9.17, 15) is 0 Å². The summed E-state index contributed by atoms with van der Waals surface area (Å²) < 4.78 is 3.53. The number of aryl methyl sites for hydroxylation is 2. The van der Waals surface area contributed by atoms with Gasteiger partial charge in [0.15, 0.2) is 5.82 Å². The molecule has 2 aromatic carbocycles. The number of hydrogen-bond donors (Lipinski definition) is 0. The molecule has 0 unspecified atom stereocenters. The van der Waals surface area contributed by atoms with E-state index in [-0.39, 0.29) is 0 Å². The van der Waals surface area contributed by atoms with Gasteiger partial charge in [-0.15, -0.1) is 5.10 Å². The van der Waals surface area contributed by atoms with Crippen molar-refractivity contribution in [2.24, 2.45) is 14.1 Å². The molecule has 4 rings (SSSR count). The van der Waals surface area contributed by atoms with Gasteiger partial charge in [0, 0.05) is 40.7 Å². The fourth-order valence-electron chi connectivity index (χ4n) is 2.95. The second-order valence-corrected chi connectivity index (χ2v) is 6.64. The summed E-state index contributed by atoms with van der Waals surface area (Å²) in [4.78, 5) is 0. The maximum atomic E-state index is 6.40. The Hall–Kier alpha value is -2.44. The van der Waals surface area contributed by atoms with Crippen molar-refractivity contribution >= 4 is 34.1 Å². The Morgan fingerprint density at radius 1 is 1.00 bits per heavy atom. The van der Waals surface area contributed by atoms with Gasteiger partial charge in [-0.05, 0) is 22.6 Å². The van der Waals surface area contributed by atoms with Crippen LogP contribution in [0.15, 0.2) is 36.4 Å². The lowest BCUT2D eigenvalue weighted by Gasteiger charge is -2.06. The molecule has 126 valence electrons. The van der Waals surface area contributed by atoms with Gasteiger partial charge >= 0.3 is 0 Å². The van der Waals surface area contributed by atoms with Crippen LogP contribution < -0.4 is 0 Å². The molecule has 0 bridgehead atoms. The molecular weight excluding hydrogens is 359 g/mol. The molecule has 0 amide bonds. The summed E-state index contributed by atoms with van der Waals surface area (Å²) in [6.45, 7) is 0. The molecule has 0 atom stereocenters. The third-order valence-electron chi connectivity index (χ3n) is 4.24. The predicted molar refractivity (Wildman–Crippen MR) is 97.8 cm³/mol. The summed E-state index contributed by atoms with van der Waals surface area (Å²) in [7, 11) is 3.75. The summed E-state index contributed by atoms with van der Waals surface area (Å²) in [6, 6.07) is 11.6. The minimum absolute atomic E-state index is 0.592. The van der Waals surface area contributed by atoms with E-state index >= 15 is 0 Å². The topological polar surface area (TPSA) is 61.4 Å². The smallest absolute Gasteiger partial charge is 0.156 e. The maximum absolute atomic E-state index is 6.40. The normalized spacial score (nSPS) is 11.4. The Kier molecular flexibility index (Phi) is 3.94. The van der Waals surface area contributed by atoms with Gasteiger partial charge < -0.3 is 0 Å². The van der Waals surface area contributed by atoms with Crippen LogP contribution in [0.4, 0.5) is 0 Å². The second-order valence-electron chi connectivity index (χ2n) is 5.79. The highest BCUT2D eigenvalue weighted by Gasteiger charge is 2.17. The average molecular weight is 373 g/mol. The molecule has 2 aromatic heterocycles. The molecular formula is C17H14Cl2N6. The largest absolute Gasteiger partial charge is 0.271 e. The van der Waals surface area contributed by atoms with Crippen LogP contribution in [0.1, 0.15) is 11.5 Å². The molecule has 0 N–H and O–H groups in total. The minimum atomic E-state index is 0.592. The van der Waals surface area contributed by atoms with Crippen molar-refractivity contribution in [3.63, 3.8) is 0 Å². The molecule has 0 saturated heterocycles. The zero-order chi connectivity index (χ0) is 17.6. The highest BCUT2D eigenvalue weighted by Crippen LogP contribution is 2.35. The molecule has 0 radical (unpaired) electrons. The number of halogens is 2. The van der Waals surface area contributed by atoms with Crippen molar-refractivity contribution in [2.75, 3.05) is 0 Å². The highest BCUT2D eigenvalue weighted by molar-refractivity contribution is 6.36. The third-order valence-corrected chi connectivity index (χ3v) is 4.79. The van der Waals surface area contributed by atoms with Gasteiger partial charge in [-0.25, -0.2) is 4.68 Å². The van der Waals surface area contributed by atoms with Gasteiger partial charge in [0.05, 0.1) is 12.1 Å². The average Bonchev–Trinajstić information content (AvgIpc) is 3.12. The first-order valence-corrected chi connectivity index (χ1v) is 8.41. The van der Waals surface area contributed by atoms with Crippen molar-refractivity contribution in [1.29, 1.82) is 0 Å². The van der Waals surface area contributed by atoms with Gasteiger partial charge in [-0.3, -0.25) is 4.68 Å². The van der Waals surface area contributed by atoms with Crippen LogP contribution in [-0.2, 0) is 20.5 Å². The molecule has 6 nitrogen and oxygen atoms in total. The van der Waals surface area contributed by atoms with Crippen LogP contribution in [0.3, 0.4) is 0 Å². The first-order valence-electron chi connectivity index (χ1n) is 7.66. The summed E-state index contributed by atoms with van der Waals surface area (Å²) in [5.41, 5.74) is 3.80. The van der Waals surface area contributed by atoms with Crippen molar-refractivity contribution in [3.05, 3.63) is 58.0 Å². The van der Waals surface area contributed by atoms with Gasteiger partial charge in [0.2, 0.25) is 0 Å². The van der Waals surface area contributed by atoms with Crippen molar-refractivity contribution in [3.8, 4) is 11.1 Å². The van der Waals surface area contributed by atoms with E-state index in [0.717, 1.165) is 33.5 Å². The van der Waals surface area contributed by atoms with Crippen molar-refractivity contribution in [1.82, 2.24) is 30.0 Å². The van der Waals surface area contributed by atoms with Gasteiger partial charge in [-0.2, -0.15) is 5.10 Å². The first kappa shape index (κ1) is 16.1. The molecule has 0 fully saturated rings. The molecule has 0 spiro atoms. The van der Waals surface area contributed by atoms with E-state index < -0.39 is 0 Å². The third kappa shape index (κ3) is 2.77. The molecule has 25 heavy (non-hydrogen) atoms. The van der Waals surface area contributed by atoms with Crippen LogP contribution >= 0.6 is 23.2 Å². The van der Waals surface area contributed by atoms with Gasteiger partial charge in [-0.1, -0.05) is 47.5 Å². The Morgan fingerprint density at radius 2 is 1.84 bits per heavy atom. The zero-order valence-corrected chi connectivity index (χ0v) is 15.1. The van der Waals surface area contributed by atoms with Crippen LogP contribution in [0.25, 0.3) is 22.0 Å². The number of fused-ring (bicyclic) bond motifs is 1. The number of aromatic nitrogens is 6. The van der Waals surface area contributed by atoms with Crippen LogP contribution in [0, 0.1) is 0 Å². The lowest BCUT2D eigenvalue weighted by molar-refractivity contribution is 0.668. The van der Waals surface area contributed by atoms with Crippen molar-refractivity contribution < 1.29 is 0 Å². The Balaban J connectivity index is 1.89. The maximum Gasteiger partial charge on any atom is 0.156 e. The monoisotopic (exact) mass is 372 g/mol. The lowest BCUT2D eigenvalue weighted by Crippen LogP contribution is -2.05. The zero-order valence-electron chi connectivity index (χ0n) is 13.6. The van der Waals surface area contributed by atoms with E-state index in [1.54, 1.807) is 10.7 Å². The Bertz CT molecular complexity index is 1080. The molecule has 4 aromatic rings. The van der Waals surface area contributed by atoms with Crippen LogP contribution in [0.2, 0.25) is 10.0 Å². The van der Waals surface area contributed by atoms with E-state index in [1.165, 1.54) is 0 Å². The number of hydrogen-bond acceptors (Lipinski definition) is 4. The molecule has 0 aliphatic heterocycles. The van der Waals surface area contributed by atoms with E-state index in [0.29, 0.717) is 16.5 Å². The van der Waals surface area contributed by atoms with E-state index in [4.69, 9.17) is 28.3 Å².